The molecule has 0 radical (unpaired) electrons. The van der Waals surface area contributed by atoms with Crippen molar-refractivity contribution in [3.05, 3.63) is 114 Å². The van der Waals surface area contributed by atoms with Gasteiger partial charge in [0.2, 0.25) is 10.0 Å². The molecule has 0 aliphatic heterocycles. The molecule has 1 aromatic heterocycles. The highest BCUT2D eigenvalue weighted by atomic mass is 32.2. The lowest BCUT2D eigenvalue weighted by molar-refractivity contribution is 0.0985. The summed E-state index contributed by atoms with van der Waals surface area (Å²) >= 11 is 1.48. The number of anilines is 1. The molecule has 0 spiro atoms. The number of nitrogens with zero attached hydrogens (tertiary/aromatic N) is 3. The summed E-state index contributed by atoms with van der Waals surface area (Å²) in [4.78, 5) is 20.4. The number of thiazole rings is 1. The van der Waals surface area contributed by atoms with Crippen LogP contribution in [0.4, 0.5) is 5.13 Å². The summed E-state index contributed by atoms with van der Waals surface area (Å²) in [5.41, 5.74) is 4.38. The van der Waals surface area contributed by atoms with Crippen LogP contribution in [0.3, 0.4) is 0 Å². The van der Waals surface area contributed by atoms with E-state index in [1.54, 1.807) is 17.0 Å². The van der Waals surface area contributed by atoms with Gasteiger partial charge in [-0.3, -0.25) is 9.69 Å². The van der Waals surface area contributed by atoms with Gasteiger partial charge in [0, 0.05) is 18.7 Å². The van der Waals surface area contributed by atoms with Crippen LogP contribution in [0.15, 0.2) is 96.9 Å². The zero-order valence-corrected chi connectivity index (χ0v) is 22.6. The summed E-state index contributed by atoms with van der Waals surface area (Å²) in [5, 5.41) is 0.598. The van der Waals surface area contributed by atoms with E-state index in [1.807, 2.05) is 50.2 Å². The van der Waals surface area contributed by atoms with E-state index >= 15 is 0 Å². The second-order valence-corrected chi connectivity index (χ2v) is 11.6. The van der Waals surface area contributed by atoms with Crippen LogP contribution in [0, 0.1) is 13.8 Å². The molecule has 0 bridgehead atoms. The fraction of sp³-hybridized carbons (Fsp3) is 0.172. The highest BCUT2D eigenvalue weighted by Gasteiger charge is 2.25. The minimum Gasteiger partial charge on any atom is -0.279 e. The fourth-order valence-corrected chi connectivity index (χ4v) is 6.48. The lowest BCUT2D eigenvalue weighted by atomic mass is 10.1. The van der Waals surface area contributed by atoms with Crippen molar-refractivity contribution in [1.29, 1.82) is 0 Å². The molecule has 1 amide bonds. The van der Waals surface area contributed by atoms with Gasteiger partial charge < -0.3 is 0 Å². The summed E-state index contributed by atoms with van der Waals surface area (Å²) in [6.07, 6.45) is 3.06. The SMILES string of the molecule is C=CCN(CC=C)S(=O)(=O)c1ccc(C(=O)N(Cc2ccccc2)c2nc3c(C)ccc(C)c3s2)cc1. The minimum atomic E-state index is -3.76. The molecular formula is C29H29N3O3S2. The van der Waals surface area contributed by atoms with Crippen molar-refractivity contribution in [3.63, 3.8) is 0 Å². The number of rotatable bonds is 10. The average molecular weight is 532 g/mol. The van der Waals surface area contributed by atoms with Crippen molar-refractivity contribution >= 4 is 42.6 Å². The molecule has 4 rings (SSSR count). The van der Waals surface area contributed by atoms with Gasteiger partial charge >= 0.3 is 0 Å². The highest BCUT2D eigenvalue weighted by molar-refractivity contribution is 7.89. The van der Waals surface area contributed by atoms with Crippen molar-refractivity contribution in [2.45, 2.75) is 25.3 Å². The number of amides is 1. The molecule has 0 saturated carbocycles. The second-order valence-electron chi connectivity index (χ2n) is 8.67. The monoisotopic (exact) mass is 531 g/mol. The summed E-state index contributed by atoms with van der Waals surface area (Å²) in [5.74, 6) is -0.254. The predicted molar refractivity (Wildman–Crippen MR) is 152 cm³/mol. The molecule has 0 saturated heterocycles. The summed E-state index contributed by atoms with van der Waals surface area (Å²) in [6.45, 7) is 12.0. The van der Waals surface area contributed by atoms with Gasteiger partial charge in [0.25, 0.3) is 5.91 Å². The number of benzene rings is 3. The van der Waals surface area contributed by atoms with Crippen LogP contribution < -0.4 is 4.90 Å². The van der Waals surface area contributed by atoms with Crippen LogP contribution >= 0.6 is 11.3 Å². The Morgan fingerprint density at radius 3 is 2.14 bits per heavy atom. The number of aryl methyl sites for hydroxylation is 2. The molecular weight excluding hydrogens is 502 g/mol. The van der Waals surface area contributed by atoms with Crippen LogP contribution in [-0.2, 0) is 16.6 Å². The Morgan fingerprint density at radius 1 is 0.919 bits per heavy atom. The summed E-state index contributed by atoms with van der Waals surface area (Å²) in [7, 11) is -3.76. The lowest BCUT2D eigenvalue weighted by Crippen LogP contribution is -2.32. The van der Waals surface area contributed by atoms with E-state index in [0.717, 1.165) is 26.9 Å². The molecule has 0 unspecified atom stereocenters. The average Bonchev–Trinajstić information content (AvgIpc) is 3.36. The number of hydrogen-bond acceptors (Lipinski definition) is 5. The number of sulfonamides is 1. The molecule has 3 aromatic carbocycles. The Labute approximate surface area is 222 Å². The molecule has 0 atom stereocenters. The molecule has 0 aliphatic rings. The molecule has 0 aliphatic carbocycles. The maximum absolute atomic E-state index is 13.8. The first-order valence-corrected chi connectivity index (χ1v) is 14.1. The van der Waals surface area contributed by atoms with Crippen LogP contribution in [0.5, 0.6) is 0 Å². The first kappa shape index (κ1) is 26.5. The van der Waals surface area contributed by atoms with Gasteiger partial charge in [-0.2, -0.15) is 4.31 Å². The van der Waals surface area contributed by atoms with Gasteiger partial charge in [-0.25, -0.2) is 13.4 Å². The van der Waals surface area contributed by atoms with Gasteiger partial charge in [-0.15, -0.1) is 13.2 Å². The normalized spacial score (nSPS) is 11.5. The Bertz CT molecular complexity index is 1490. The number of aromatic nitrogens is 1. The largest absolute Gasteiger partial charge is 0.279 e. The van der Waals surface area contributed by atoms with Crippen LogP contribution in [-0.4, -0.2) is 36.7 Å². The molecule has 0 fully saturated rings. The van der Waals surface area contributed by atoms with Crippen LogP contribution in [0.2, 0.25) is 0 Å². The van der Waals surface area contributed by atoms with Gasteiger partial charge in [0.15, 0.2) is 5.13 Å². The third-order valence-electron chi connectivity index (χ3n) is 5.99. The van der Waals surface area contributed by atoms with Crippen LogP contribution in [0.1, 0.15) is 27.0 Å². The number of fused-ring (bicyclic) bond motifs is 1. The quantitative estimate of drug-likeness (QED) is 0.231. The Kier molecular flexibility index (Phi) is 8.02. The molecule has 0 N–H and O–H groups in total. The third kappa shape index (κ3) is 5.56. The number of hydrogen-bond donors (Lipinski definition) is 0. The van der Waals surface area contributed by atoms with E-state index in [2.05, 4.69) is 19.2 Å². The second kappa shape index (κ2) is 11.2. The topological polar surface area (TPSA) is 70.6 Å². The van der Waals surface area contributed by atoms with Crippen molar-refractivity contribution in [2.75, 3.05) is 18.0 Å². The van der Waals surface area contributed by atoms with E-state index in [4.69, 9.17) is 4.98 Å². The first-order chi connectivity index (χ1) is 17.8. The molecule has 1 heterocycles. The summed E-state index contributed by atoms with van der Waals surface area (Å²) in [6, 6.07) is 19.9. The van der Waals surface area contributed by atoms with Crippen molar-refractivity contribution in [2.24, 2.45) is 0 Å². The van der Waals surface area contributed by atoms with E-state index in [-0.39, 0.29) is 23.9 Å². The van der Waals surface area contributed by atoms with Gasteiger partial charge in [0.05, 0.1) is 21.7 Å². The van der Waals surface area contributed by atoms with E-state index in [9.17, 15) is 13.2 Å². The van der Waals surface area contributed by atoms with Gasteiger partial charge in [0.1, 0.15) is 0 Å². The highest BCUT2D eigenvalue weighted by Crippen LogP contribution is 2.34. The molecule has 4 aromatic rings. The third-order valence-corrected chi connectivity index (χ3v) is 9.05. The van der Waals surface area contributed by atoms with Crippen molar-refractivity contribution in [1.82, 2.24) is 9.29 Å². The maximum Gasteiger partial charge on any atom is 0.260 e. The van der Waals surface area contributed by atoms with E-state index in [1.165, 1.54) is 39.9 Å². The summed E-state index contributed by atoms with van der Waals surface area (Å²) < 4.78 is 28.5. The van der Waals surface area contributed by atoms with E-state index in [0.29, 0.717) is 17.2 Å². The molecule has 8 heteroatoms. The number of carbonyl (C=O) groups is 1. The fourth-order valence-electron chi connectivity index (χ4n) is 3.99. The Hall–Kier alpha value is -3.59. The Balaban J connectivity index is 1.72. The maximum atomic E-state index is 13.8. The minimum absolute atomic E-state index is 0.105. The first-order valence-electron chi connectivity index (χ1n) is 11.8. The van der Waals surface area contributed by atoms with Crippen LogP contribution in [0.25, 0.3) is 10.2 Å². The van der Waals surface area contributed by atoms with Crippen molar-refractivity contribution < 1.29 is 13.2 Å². The predicted octanol–water partition coefficient (Wildman–Crippen LogP) is 6.12. The van der Waals surface area contributed by atoms with Gasteiger partial charge in [-0.05, 0) is 54.8 Å². The standard InChI is InChI=1S/C29H29N3O3S2/c1-5-18-31(19-6-2)37(34,35)25-16-14-24(15-17-25)28(33)32(20-23-10-8-7-9-11-23)29-30-26-21(3)12-13-22(4)27(26)36-29/h5-17H,1-2,18-20H2,3-4H3. The zero-order valence-electron chi connectivity index (χ0n) is 20.9. The lowest BCUT2D eigenvalue weighted by Gasteiger charge is -2.21. The number of carbonyl (C=O) groups excluding carboxylic acids is 1. The van der Waals surface area contributed by atoms with Gasteiger partial charge in [-0.1, -0.05) is 66.0 Å². The van der Waals surface area contributed by atoms with E-state index < -0.39 is 10.0 Å². The van der Waals surface area contributed by atoms with Crippen molar-refractivity contribution in [3.8, 4) is 0 Å². The molecule has 190 valence electrons. The molecule has 6 nitrogen and oxygen atoms in total. The smallest absolute Gasteiger partial charge is 0.260 e. The zero-order chi connectivity index (χ0) is 26.6. The molecule has 37 heavy (non-hydrogen) atoms. The Morgan fingerprint density at radius 2 is 1.54 bits per heavy atom.